The SMILES string of the molecule is CCCCCCCCCCCCCCCCCCCCC(=O)O[C@H](COC(=O)CCCCCCCCCCCCCCCCCCC)COP(=O)(O)OC[C@@H](O)COP(=O)(O)OC[C@@H](COC(=O)CCCCCCCCC(C)CC)OC(=O)CCCCCCCCCCCCCCC(C)C. The average Bonchev–Trinajstić information content (AvgIpc) is 0.915. The summed E-state index contributed by atoms with van der Waals surface area (Å²) in [6.45, 7) is 9.61. The molecule has 19 heteroatoms. The van der Waals surface area contributed by atoms with Gasteiger partial charge in [-0.1, -0.05) is 375 Å². The van der Waals surface area contributed by atoms with Crippen LogP contribution in [0.15, 0.2) is 0 Å². The summed E-state index contributed by atoms with van der Waals surface area (Å²) in [6.07, 6.45) is 62.4. The van der Waals surface area contributed by atoms with Crippen molar-refractivity contribution < 1.29 is 80.2 Å². The second-order valence-corrected chi connectivity index (χ2v) is 32.8. The number of esters is 4. The summed E-state index contributed by atoms with van der Waals surface area (Å²) in [5, 5.41) is 10.6. The number of aliphatic hydroxyl groups is 1. The summed E-state index contributed by atoms with van der Waals surface area (Å²) in [6, 6.07) is 0. The van der Waals surface area contributed by atoms with Crippen LogP contribution in [-0.4, -0.2) is 96.7 Å². The summed E-state index contributed by atoms with van der Waals surface area (Å²) >= 11 is 0. The number of carbonyl (C=O) groups is 4. The van der Waals surface area contributed by atoms with Crippen molar-refractivity contribution in [1.29, 1.82) is 0 Å². The molecule has 0 rings (SSSR count). The maximum atomic E-state index is 13.1. The zero-order valence-corrected chi connectivity index (χ0v) is 67.3. The number of hydrogen-bond donors (Lipinski definition) is 3. The Labute approximate surface area is 613 Å². The van der Waals surface area contributed by atoms with Crippen molar-refractivity contribution in [3.8, 4) is 0 Å². The van der Waals surface area contributed by atoms with Gasteiger partial charge in [-0.2, -0.15) is 0 Å². The van der Waals surface area contributed by atoms with E-state index >= 15 is 0 Å². The van der Waals surface area contributed by atoms with Crippen molar-refractivity contribution in [2.75, 3.05) is 39.6 Å². The van der Waals surface area contributed by atoms with E-state index in [1.807, 2.05) is 0 Å². The molecule has 0 saturated carbocycles. The predicted octanol–water partition coefficient (Wildman–Crippen LogP) is 24.3. The molecule has 3 N–H and O–H groups in total. The first-order chi connectivity index (χ1) is 48.4. The minimum Gasteiger partial charge on any atom is -0.462 e. The molecule has 0 aliphatic rings. The minimum atomic E-state index is -4.96. The second-order valence-electron chi connectivity index (χ2n) is 29.9. The molecule has 0 aromatic carbocycles. The zero-order chi connectivity index (χ0) is 73.5. The summed E-state index contributed by atoms with van der Waals surface area (Å²) in [5.74, 6) is -0.601. The van der Waals surface area contributed by atoms with Crippen molar-refractivity contribution in [3.05, 3.63) is 0 Å². The monoisotopic (exact) mass is 1470 g/mol. The second kappa shape index (κ2) is 72.6. The fourth-order valence-corrected chi connectivity index (χ4v) is 14.1. The van der Waals surface area contributed by atoms with E-state index in [-0.39, 0.29) is 25.7 Å². The van der Waals surface area contributed by atoms with Crippen LogP contribution in [0.2, 0.25) is 0 Å². The number of unbranched alkanes of at least 4 members (excludes halogenated alkanes) is 49. The van der Waals surface area contributed by atoms with Crippen molar-refractivity contribution >= 4 is 39.5 Å². The van der Waals surface area contributed by atoms with Gasteiger partial charge in [-0.05, 0) is 37.5 Å². The molecule has 6 atom stereocenters. The molecule has 0 saturated heterocycles. The van der Waals surface area contributed by atoms with Gasteiger partial charge in [0, 0.05) is 25.7 Å². The number of aliphatic hydroxyl groups excluding tert-OH is 1. The lowest BCUT2D eigenvalue weighted by Crippen LogP contribution is -2.30. The Balaban J connectivity index is 5.25. The molecule has 0 amide bonds. The van der Waals surface area contributed by atoms with Crippen LogP contribution in [0.25, 0.3) is 0 Å². The Kier molecular flexibility index (Phi) is 71.2. The topological polar surface area (TPSA) is 237 Å². The Hall–Kier alpha value is -1.94. The van der Waals surface area contributed by atoms with Gasteiger partial charge in [0.25, 0.3) is 0 Å². The molecule has 0 bridgehead atoms. The zero-order valence-electron chi connectivity index (χ0n) is 65.5. The van der Waals surface area contributed by atoms with Crippen LogP contribution in [0.5, 0.6) is 0 Å². The summed E-state index contributed by atoms with van der Waals surface area (Å²) in [7, 11) is -9.92. The fraction of sp³-hybridized carbons (Fsp3) is 0.951. The highest BCUT2D eigenvalue weighted by Crippen LogP contribution is 2.45. The van der Waals surface area contributed by atoms with Crippen LogP contribution < -0.4 is 0 Å². The van der Waals surface area contributed by atoms with E-state index in [4.69, 9.17) is 37.0 Å². The molecule has 0 aromatic heterocycles. The third-order valence-electron chi connectivity index (χ3n) is 19.3. The molecule has 594 valence electrons. The number of rotatable bonds is 80. The molecule has 0 fully saturated rings. The molecule has 0 heterocycles. The normalized spacial score (nSPS) is 14.2. The molecule has 3 unspecified atom stereocenters. The summed E-state index contributed by atoms with van der Waals surface area (Å²) in [4.78, 5) is 73.0. The van der Waals surface area contributed by atoms with E-state index in [9.17, 15) is 43.2 Å². The van der Waals surface area contributed by atoms with Crippen molar-refractivity contribution in [1.82, 2.24) is 0 Å². The van der Waals surface area contributed by atoms with Crippen LogP contribution in [0.1, 0.15) is 427 Å². The first-order valence-corrected chi connectivity index (χ1v) is 45.0. The molecule has 100 heavy (non-hydrogen) atoms. The molecule has 0 aromatic rings. The standard InChI is InChI=1S/C81H158O17P2/c1-7-10-12-14-16-18-20-22-24-26-28-30-32-37-41-45-53-59-65-80(85)97-76(69-91-78(83)63-57-51-44-40-36-31-29-27-25-23-21-19-17-15-13-11-8-2)71-95-99(87,88)93-67-75(82)68-94-100(89,90)96-72-77(70-92-79(84)64-58-52-48-47-50-56-62-74(6)9-3)98-81(86)66-60-54-46-42-38-34-33-35-39-43-49-55-61-73(4)5/h73-77,82H,7-72H2,1-6H3,(H,87,88)(H,89,90)/t74?,75-,76-,77-/m1/s1. The van der Waals surface area contributed by atoms with Crippen LogP contribution in [0, 0.1) is 11.8 Å². The number of phosphoric acid groups is 2. The highest BCUT2D eigenvalue weighted by Gasteiger charge is 2.30. The lowest BCUT2D eigenvalue weighted by Gasteiger charge is -2.21. The first-order valence-electron chi connectivity index (χ1n) is 42.0. The van der Waals surface area contributed by atoms with Gasteiger partial charge in [0.15, 0.2) is 12.2 Å². The average molecular weight is 1470 g/mol. The van der Waals surface area contributed by atoms with Crippen LogP contribution in [0.4, 0.5) is 0 Å². The van der Waals surface area contributed by atoms with Gasteiger partial charge in [-0.3, -0.25) is 37.3 Å². The lowest BCUT2D eigenvalue weighted by atomic mass is 10.00. The van der Waals surface area contributed by atoms with Crippen LogP contribution >= 0.6 is 15.6 Å². The van der Waals surface area contributed by atoms with Gasteiger partial charge in [-0.15, -0.1) is 0 Å². The van der Waals surface area contributed by atoms with Crippen LogP contribution in [-0.2, 0) is 65.4 Å². The van der Waals surface area contributed by atoms with Gasteiger partial charge >= 0.3 is 39.5 Å². The minimum absolute atomic E-state index is 0.106. The molecular weight excluding hydrogens is 1310 g/mol. The molecule has 0 radical (unpaired) electrons. The summed E-state index contributed by atoms with van der Waals surface area (Å²) < 4.78 is 68.7. The van der Waals surface area contributed by atoms with Gasteiger partial charge in [0.1, 0.15) is 19.3 Å². The first kappa shape index (κ1) is 98.1. The molecular formula is C81H158O17P2. The Bertz CT molecular complexity index is 1930. The third-order valence-corrected chi connectivity index (χ3v) is 21.2. The molecule has 0 aliphatic heterocycles. The highest BCUT2D eigenvalue weighted by molar-refractivity contribution is 7.47. The predicted molar refractivity (Wildman–Crippen MR) is 409 cm³/mol. The molecule has 17 nitrogen and oxygen atoms in total. The van der Waals surface area contributed by atoms with Gasteiger partial charge in [0.05, 0.1) is 26.4 Å². The quantitative estimate of drug-likeness (QED) is 0.0222. The largest absolute Gasteiger partial charge is 0.472 e. The van der Waals surface area contributed by atoms with E-state index in [2.05, 4.69) is 41.5 Å². The van der Waals surface area contributed by atoms with Crippen molar-refractivity contribution in [2.24, 2.45) is 11.8 Å². The molecule has 0 spiro atoms. The Morgan fingerprint density at radius 2 is 0.510 bits per heavy atom. The fourth-order valence-electron chi connectivity index (χ4n) is 12.5. The maximum absolute atomic E-state index is 13.1. The third kappa shape index (κ3) is 73.0. The highest BCUT2D eigenvalue weighted by atomic mass is 31.2. The van der Waals surface area contributed by atoms with E-state index in [0.717, 1.165) is 108 Å². The summed E-state index contributed by atoms with van der Waals surface area (Å²) in [5.41, 5.74) is 0. The van der Waals surface area contributed by atoms with Gasteiger partial charge in [0.2, 0.25) is 0 Å². The lowest BCUT2D eigenvalue weighted by molar-refractivity contribution is -0.161. The van der Waals surface area contributed by atoms with Gasteiger partial charge in [-0.25, -0.2) is 9.13 Å². The van der Waals surface area contributed by atoms with Crippen molar-refractivity contribution in [2.45, 2.75) is 445 Å². The number of hydrogen-bond acceptors (Lipinski definition) is 15. The number of carbonyl (C=O) groups excluding carboxylic acids is 4. The van der Waals surface area contributed by atoms with Crippen molar-refractivity contribution in [3.63, 3.8) is 0 Å². The Morgan fingerprint density at radius 1 is 0.290 bits per heavy atom. The maximum Gasteiger partial charge on any atom is 0.472 e. The van der Waals surface area contributed by atoms with E-state index < -0.39 is 97.5 Å². The van der Waals surface area contributed by atoms with Gasteiger partial charge < -0.3 is 33.8 Å². The number of ether oxygens (including phenoxy) is 4. The number of phosphoric ester groups is 2. The van der Waals surface area contributed by atoms with Crippen LogP contribution in [0.3, 0.4) is 0 Å². The van der Waals surface area contributed by atoms with E-state index in [1.165, 1.54) is 238 Å². The Morgan fingerprint density at radius 3 is 0.760 bits per heavy atom. The smallest absolute Gasteiger partial charge is 0.462 e. The van der Waals surface area contributed by atoms with E-state index in [0.29, 0.717) is 25.7 Å². The molecule has 0 aliphatic carbocycles. The van der Waals surface area contributed by atoms with E-state index in [1.54, 1.807) is 0 Å².